The third kappa shape index (κ3) is 3.09. The first kappa shape index (κ1) is 14.9. The van der Waals surface area contributed by atoms with Gasteiger partial charge in [-0.05, 0) is 31.0 Å². The van der Waals surface area contributed by atoms with Gasteiger partial charge in [0.25, 0.3) is 0 Å². The Labute approximate surface area is 137 Å². The van der Waals surface area contributed by atoms with Crippen molar-refractivity contribution in [2.45, 2.75) is 25.8 Å². The van der Waals surface area contributed by atoms with E-state index in [1.807, 2.05) is 27.7 Å². The topological polar surface area (TPSA) is 38.1 Å². The third-order valence-corrected chi connectivity index (χ3v) is 4.54. The van der Waals surface area contributed by atoms with E-state index >= 15 is 0 Å². The molecule has 112 valence electrons. The molecule has 0 bridgehead atoms. The normalized spacial score (nSPS) is 15.0. The van der Waals surface area contributed by atoms with Crippen molar-refractivity contribution in [2.24, 2.45) is 0 Å². The molecule has 0 unspecified atom stereocenters. The smallest absolute Gasteiger partial charge is 0.242 e. The van der Waals surface area contributed by atoms with Crippen molar-refractivity contribution in [3.63, 3.8) is 0 Å². The summed E-state index contributed by atoms with van der Waals surface area (Å²) in [7, 11) is 0. The van der Waals surface area contributed by atoms with Crippen LogP contribution in [0.2, 0.25) is 0 Å². The Hall–Kier alpha value is -1.07. The summed E-state index contributed by atoms with van der Waals surface area (Å²) >= 11 is 9.33. The number of hydrogen-bond acceptors (Lipinski definition) is 2. The van der Waals surface area contributed by atoms with Gasteiger partial charge in [0.05, 0.1) is 11.0 Å². The molecule has 1 aliphatic heterocycles. The number of alkyl halides is 1. The van der Waals surface area contributed by atoms with Gasteiger partial charge in [0.2, 0.25) is 5.91 Å². The van der Waals surface area contributed by atoms with Crippen LogP contribution in [0.25, 0.3) is 11.0 Å². The first-order chi connectivity index (χ1) is 10.2. The highest BCUT2D eigenvalue weighted by Gasteiger charge is 2.20. The molecule has 21 heavy (non-hydrogen) atoms. The molecule has 0 spiro atoms. The zero-order valence-electron chi connectivity index (χ0n) is 11.7. The first-order valence-electron chi connectivity index (χ1n) is 7.17. The van der Waals surface area contributed by atoms with Gasteiger partial charge < -0.3 is 9.47 Å². The minimum atomic E-state index is 0.172. The number of imidazole rings is 1. The van der Waals surface area contributed by atoms with Crippen molar-refractivity contribution in [3.8, 4) is 0 Å². The van der Waals surface area contributed by atoms with E-state index in [9.17, 15) is 4.79 Å². The van der Waals surface area contributed by atoms with Crippen LogP contribution in [0.1, 0.15) is 18.7 Å². The number of nitrogens with zero attached hydrogens (tertiary/aromatic N) is 3. The Bertz CT molecular complexity index is 664. The molecule has 0 atom stereocenters. The highest BCUT2D eigenvalue weighted by Crippen LogP contribution is 2.22. The third-order valence-electron chi connectivity index (χ3n) is 3.86. The number of rotatable bonds is 4. The van der Waals surface area contributed by atoms with E-state index in [4.69, 9.17) is 11.6 Å². The van der Waals surface area contributed by atoms with E-state index in [-0.39, 0.29) is 5.91 Å². The molecule has 0 radical (unpaired) electrons. The second-order valence-corrected chi connectivity index (χ2v) is 6.57. The Balaban J connectivity index is 1.94. The number of likely N-dealkylation sites (tertiary alicyclic amines) is 1. The summed E-state index contributed by atoms with van der Waals surface area (Å²) in [4.78, 5) is 19.0. The van der Waals surface area contributed by atoms with Crippen LogP contribution in [0.4, 0.5) is 0 Å². The molecule has 2 aromatic rings. The molecule has 1 fully saturated rings. The quantitative estimate of drug-likeness (QED) is 0.775. The number of amides is 1. The van der Waals surface area contributed by atoms with E-state index in [2.05, 4.69) is 20.9 Å². The summed E-state index contributed by atoms with van der Waals surface area (Å²) in [5.74, 6) is 1.55. The van der Waals surface area contributed by atoms with Crippen molar-refractivity contribution in [2.75, 3.05) is 19.0 Å². The molecule has 0 saturated carbocycles. The number of aryl methyl sites for hydroxylation is 1. The largest absolute Gasteiger partial charge is 0.341 e. The van der Waals surface area contributed by atoms with Crippen LogP contribution in [0.3, 0.4) is 0 Å². The van der Waals surface area contributed by atoms with Crippen LogP contribution < -0.4 is 0 Å². The summed E-state index contributed by atoms with van der Waals surface area (Å²) in [6.45, 7) is 2.11. The van der Waals surface area contributed by atoms with Gasteiger partial charge in [0, 0.05) is 29.9 Å². The van der Waals surface area contributed by atoms with Gasteiger partial charge in [-0.25, -0.2) is 4.98 Å². The average molecular weight is 371 g/mol. The van der Waals surface area contributed by atoms with Gasteiger partial charge in [0.1, 0.15) is 12.4 Å². The van der Waals surface area contributed by atoms with Crippen LogP contribution in [0, 0.1) is 0 Å². The Morgan fingerprint density at radius 2 is 2.10 bits per heavy atom. The molecular formula is C15H17BrClN3O. The second kappa shape index (κ2) is 6.36. The van der Waals surface area contributed by atoms with Crippen molar-refractivity contribution < 1.29 is 4.79 Å². The van der Waals surface area contributed by atoms with Crippen molar-refractivity contribution in [3.05, 3.63) is 28.5 Å². The van der Waals surface area contributed by atoms with Gasteiger partial charge in [-0.2, -0.15) is 0 Å². The lowest BCUT2D eigenvalue weighted by Gasteiger charge is -2.17. The summed E-state index contributed by atoms with van der Waals surface area (Å²) < 4.78 is 2.99. The summed E-state index contributed by atoms with van der Waals surface area (Å²) in [6, 6.07) is 5.95. The predicted molar refractivity (Wildman–Crippen MR) is 87.7 cm³/mol. The molecular weight excluding hydrogens is 354 g/mol. The molecule has 6 heteroatoms. The van der Waals surface area contributed by atoms with Crippen LogP contribution in [0.5, 0.6) is 0 Å². The maximum atomic E-state index is 12.4. The van der Waals surface area contributed by atoms with Gasteiger partial charge in [-0.1, -0.05) is 15.9 Å². The first-order valence-corrected chi connectivity index (χ1v) is 8.50. The lowest BCUT2D eigenvalue weighted by Crippen LogP contribution is -2.31. The van der Waals surface area contributed by atoms with E-state index in [0.717, 1.165) is 47.3 Å². The molecule has 1 aromatic heterocycles. The van der Waals surface area contributed by atoms with Crippen LogP contribution >= 0.6 is 27.5 Å². The fraction of sp³-hybridized carbons (Fsp3) is 0.467. The number of carbonyl (C=O) groups excluding carboxylic acids is 1. The monoisotopic (exact) mass is 369 g/mol. The van der Waals surface area contributed by atoms with E-state index in [0.29, 0.717) is 18.8 Å². The molecule has 0 N–H and O–H groups in total. The number of aromatic nitrogens is 2. The standard InChI is InChI=1S/C15H17BrClN3O/c16-11-3-4-13-12(9-11)18-14(5-6-17)20(13)10-15(21)19-7-1-2-8-19/h3-4,9H,1-2,5-8,10H2. The van der Waals surface area contributed by atoms with Crippen molar-refractivity contribution >= 4 is 44.5 Å². The Morgan fingerprint density at radius 1 is 1.33 bits per heavy atom. The molecule has 1 amide bonds. The van der Waals surface area contributed by atoms with Crippen molar-refractivity contribution in [1.29, 1.82) is 0 Å². The summed E-state index contributed by atoms with van der Waals surface area (Å²) in [5.41, 5.74) is 1.89. The highest BCUT2D eigenvalue weighted by molar-refractivity contribution is 9.10. The van der Waals surface area contributed by atoms with Gasteiger partial charge in [0.15, 0.2) is 0 Å². The fourth-order valence-electron chi connectivity index (χ4n) is 2.81. The van der Waals surface area contributed by atoms with E-state index in [1.165, 1.54) is 0 Å². The van der Waals surface area contributed by atoms with Gasteiger partial charge in [-0.15, -0.1) is 11.6 Å². The molecule has 3 rings (SSSR count). The SMILES string of the molecule is O=C(Cn1c(CCCl)nc2cc(Br)ccc21)N1CCCC1. The minimum Gasteiger partial charge on any atom is -0.341 e. The fourth-order valence-corrected chi connectivity index (χ4v) is 3.32. The molecule has 2 heterocycles. The van der Waals surface area contributed by atoms with Crippen molar-refractivity contribution in [1.82, 2.24) is 14.5 Å². The Kier molecular flexibility index (Phi) is 4.50. The number of hydrogen-bond donors (Lipinski definition) is 0. The zero-order chi connectivity index (χ0) is 14.8. The van der Waals surface area contributed by atoms with E-state index in [1.54, 1.807) is 0 Å². The van der Waals surface area contributed by atoms with Crippen LogP contribution in [-0.2, 0) is 17.8 Å². The molecule has 1 aliphatic rings. The van der Waals surface area contributed by atoms with E-state index < -0.39 is 0 Å². The molecule has 1 aromatic carbocycles. The van der Waals surface area contributed by atoms with Crippen LogP contribution in [-0.4, -0.2) is 39.3 Å². The maximum Gasteiger partial charge on any atom is 0.242 e. The second-order valence-electron chi connectivity index (χ2n) is 5.27. The lowest BCUT2D eigenvalue weighted by molar-refractivity contribution is -0.130. The number of carbonyl (C=O) groups is 1. The average Bonchev–Trinajstić information content (AvgIpc) is 3.08. The number of benzene rings is 1. The summed E-state index contributed by atoms with van der Waals surface area (Å²) in [5, 5.41) is 0. The van der Waals surface area contributed by atoms with Gasteiger partial charge >= 0.3 is 0 Å². The molecule has 4 nitrogen and oxygen atoms in total. The minimum absolute atomic E-state index is 0.172. The molecule has 0 aliphatic carbocycles. The van der Waals surface area contributed by atoms with Crippen LogP contribution in [0.15, 0.2) is 22.7 Å². The molecule has 1 saturated heterocycles. The number of fused-ring (bicyclic) bond motifs is 1. The Morgan fingerprint density at radius 3 is 2.81 bits per heavy atom. The summed E-state index contributed by atoms with van der Waals surface area (Å²) in [6.07, 6.45) is 2.89. The highest BCUT2D eigenvalue weighted by atomic mass is 79.9. The van der Waals surface area contributed by atoms with Gasteiger partial charge in [-0.3, -0.25) is 4.79 Å². The lowest BCUT2D eigenvalue weighted by atomic mass is 10.3. The predicted octanol–water partition coefficient (Wildman–Crippen LogP) is 3.20. The number of halogens is 2. The maximum absolute atomic E-state index is 12.4. The zero-order valence-corrected chi connectivity index (χ0v) is 14.0.